The summed E-state index contributed by atoms with van der Waals surface area (Å²) in [6, 6.07) is 11.3. The zero-order chi connectivity index (χ0) is 19.8. The van der Waals surface area contributed by atoms with Gasteiger partial charge in [-0.2, -0.15) is 5.11 Å². The Morgan fingerprint density at radius 2 is 1.79 bits per heavy atom. The number of fused-ring (bicyclic) bond motifs is 1. The maximum atomic E-state index is 13.0. The Labute approximate surface area is 167 Å². The minimum Gasteiger partial charge on any atom is -0.495 e. The van der Waals surface area contributed by atoms with Gasteiger partial charge >= 0.3 is 0 Å². The van der Waals surface area contributed by atoms with Gasteiger partial charge in [-0.3, -0.25) is 14.6 Å². The number of imide groups is 1. The molecule has 0 N–H and O–H groups in total. The van der Waals surface area contributed by atoms with Crippen molar-refractivity contribution in [1.29, 1.82) is 0 Å². The highest BCUT2D eigenvalue weighted by Crippen LogP contribution is 2.35. The topological polar surface area (TPSA) is 74.6 Å². The summed E-state index contributed by atoms with van der Waals surface area (Å²) in [5.41, 5.74) is 2.64. The number of aryl methyl sites for hydroxylation is 1. The Hall–Kier alpha value is -2.93. The van der Waals surface area contributed by atoms with Gasteiger partial charge in [0.2, 0.25) is 0 Å². The van der Waals surface area contributed by atoms with Gasteiger partial charge in [-0.1, -0.05) is 48.0 Å². The summed E-state index contributed by atoms with van der Waals surface area (Å²) in [6.45, 7) is 2.50. The number of ether oxygens (including phenoxy) is 1. The van der Waals surface area contributed by atoms with Gasteiger partial charge in [0.25, 0.3) is 11.8 Å². The minimum atomic E-state index is -0.830. The molecule has 2 aliphatic heterocycles. The molecule has 4 rings (SSSR count). The quantitative estimate of drug-likeness (QED) is 0.723. The summed E-state index contributed by atoms with van der Waals surface area (Å²) in [7, 11) is 1.50. The van der Waals surface area contributed by atoms with E-state index in [0.29, 0.717) is 23.0 Å². The van der Waals surface area contributed by atoms with Crippen LogP contribution in [0.25, 0.3) is 0 Å². The molecule has 0 radical (unpaired) electrons. The van der Waals surface area contributed by atoms with Crippen molar-refractivity contribution in [2.75, 3.05) is 12.0 Å². The van der Waals surface area contributed by atoms with Crippen molar-refractivity contribution in [3.63, 3.8) is 0 Å². The van der Waals surface area contributed by atoms with Crippen LogP contribution in [0.3, 0.4) is 0 Å². The average molecular weight is 399 g/mol. The third-order valence-corrected chi connectivity index (χ3v) is 5.32. The van der Waals surface area contributed by atoms with Gasteiger partial charge in [-0.05, 0) is 35.7 Å². The molecule has 2 aromatic rings. The lowest BCUT2D eigenvalue weighted by Gasteiger charge is -2.21. The summed E-state index contributed by atoms with van der Waals surface area (Å²) >= 11 is 6.16. The van der Waals surface area contributed by atoms with E-state index in [1.807, 2.05) is 24.3 Å². The van der Waals surface area contributed by atoms with Crippen LogP contribution in [0.1, 0.15) is 18.1 Å². The number of methoxy groups -OCH3 is 1. The summed E-state index contributed by atoms with van der Waals surface area (Å²) in [5, 5.41) is 10.0. The molecule has 0 aromatic heterocycles. The van der Waals surface area contributed by atoms with E-state index in [9.17, 15) is 9.59 Å². The Morgan fingerprint density at radius 1 is 1.07 bits per heavy atom. The lowest BCUT2D eigenvalue weighted by atomic mass is 10.1. The van der Waals surface area contributed by atoms with E-state index in [1.165, 1.54) is 12.7 Å². The van der Waals surface area contributed by atoms with Crippen LogP contribution in [0.2, 0.25) is 5.02 Å². The number of hydrogen-bond donors (Lipinski definition) is 0. The number of carbonyl (C=O) groups is 2. The van der Waals surface area contributed by atoms with E-state index in [1.54, 1.807) is 23.2 Å². The standard InChI is InChI=1S/C20H19ClN4O3/c1-3-12-4-6-13(7-5-12)11-24-18-17(22-23-24)19(26)25(20(18)27)14-8-9-16(28-2)15(21)10-14/h4-10,17-18H,3,11H2,1-2H3. The highest BCUT2D eigenvalue weighted by atomic mass is 35.5. The molecular formula is C20H19ClN4O3. The molecule has 0 aliphatic carbocycles. The van der Waals surface area contributed by atoms with Crippen LogP contribution in [-0.2, 0) is 22.6 Å². The molecule has 2 aliphatic rings. The Kier molecular flexibility index (Phi) is 4.77. The van der Waals surface area contributed by atoms with Crippen molar-refractivity contribution in [2.24, 2.45) is 10.3 Å². The highest BCUT2D eigenvalue weighted by molar-refractivity contribution is 6.33. The number of nitrogens with zero attached hydrogens (tertiary/aromatic N) is 4. The average Bonchev–Trinajstić information content (AvgIpc) is 3.22. The Morgan fingerprint density at radius 3 is 2.43 bits per heavy atom. The fraction of sp³-hybridized carbons (Fsp3) is 0.300. The van der Waals surface area contributed by atoms with Crippen molar-refractivity contribution < 1.29 is 14.3 Å². The second-order valence-electron chi connectivity index (χ2n) is 6.69. The summed E-state index contributed by atoms with van der Waals surface area (Å²) in [6.07, 6.45) is 0.959. The van der Waals surface area contributed by atoms with Crippen LogP contribution < -0.4 is 9.64 Å². The predicted octanol–water partition coefficient (Wildman–Crippen LogP) is 3.40. The number of halogens is 1. The molecule has 0 saturated carbocycles. The predicted molar refractivity (Wildman–Crippen MR) is 104 cm³/mol. The number of anilines is 1. The SMILES string of the molecule is CCc1ccc(CN2N=NC3C(=O)N(c4ccc(OC)c(Cl)c4)C(=O)C32)cc1. The first kappa shape index (κ1) is 18.4. The maximum absolute atomic E-state index is 13.0. The Balaban J connectivity index is 1.57. The minimum absolute atomic E-state index is 0.326. The molecule has 7 nitrogen and oxygen atoms in total. The van der Waals surface area contributed by atoms with E-state index in [0.717, 1.165) is 16.9 Å². The number of rotatable bonds is 5. The van der Waals surface area contributed by atoms with Crippen LogP contribution >= 0.6 is 11.6 Å². The summed E-state index contributed by atoms with van der Waals surface area (Å²) in [4.78, 5) is 27.0. The lowest BCUT2D eigenvalue weighted by molar-refractivity contribution is -0.123. The summed E-state index contributed by atoms with van der Waals surface area (Å²) in [5.74, 6) is -0.281. The van der Waals surface area contributed by atoms with Gasteiger partial charge in [0.15, 0.2) is 12.1 Å². The lowest BCUT2D eigenvalue weighted by Crippen LogP contribution is -2.39. The molecule has 2 atom stereocenters. The molecule has 2 aromatic carbocycles. The van der Waals surface area contributed by atoms with Crippen molar-refractivity contribution in [3.8, 4) is 5.75 Å². The maximum Gasteiger partial charge on any atom is 0.263 e. The van der Waals surface area contributed by atoms with E-state index < -0.39 is 18.0 Å². The molecule has 0 bridgehead atoms. The molecule has 2 unspecified atom stereocenters. The van der Waals surface area contributed by atoms with Crippen molar-refractivity contribution in [3.05, 3.63) is 58.6 Å². The van der Waals surface area contributed by atoms with Gasteiger partial charge in [0.05, 0.1) is 24.4 Å². The molecule has 1 fully saturated rings. The normalized spacial score (nSPS) is 20.8. The second kappa shape index (κ2) is 7.24. The van der Waals surface area contributed by atoms with E-state index >= 15 is 0 Å². The molecular weight excluding hydrogens is 380 g/mol. The molecule has 28 heavy (non-hydrogen) atoms. The first-order valence-electron chi connectivity index (χ1n) is 9.00. The third kappa shape index (κ3) is 3.01. The Bertz CT molecular complexity index is 960. The molecule has 2 heterocycles. The largest absolute Gasteiger partial charge is 0.495 e. The van der Waals surface area contributed by atoms with Crippen LogP contribution in [0.5, 0.6) is 5.75 Å². The van der Waals surface area contributed by atoms with E-state index in [2.05, 4.69) is 17.3 Å². The molecule has 2 amide bonds. The van der Waals surface area contributed by atoms with E-state index in [4.69, 9.17) is 16.3 Å². The van der Waals surface area contributed by atoms with Gasteiger partial charge in [-0.25, -0.2) is 4.90 Å². The summed E-state index contributed by atoms with van der Waals surface area (Å²) < 4.78 is 5.13. The molecule has 8 heteroatoms. The smallest absolute Gasteiger partial charge is 0.263 e. The number of carbonyl (C=O) groups excluding carboxylic acids is 2. The van der Waals surface area contributed by atoms with Crippen LogP contribution in [0.4, 0.5) is 5.69 Å². The third-order valence-electron chi connectivity index (χ3n) is 5.03. The van der Waals surface area contributed by atoms with Gasteiger partial charge in [0, 0.05) is 0 Å². The first-order chi connectivity index (χ1) is 13.5. The second-order valence-corrected chi connectivity index (χ2v) is 7.10. The van der Waals surface area contributed by atoms with Crippen molar-refractivity contribution >= 4 is 29.1 Å². The fourth-order valence-electron chi connectivity index (χ4n) is 3.47. The first-order valence-corrected chi connectivity index (χ1v) is 9.38. The molecule has 1 saturated heterocycles. The van der Waals surface area contributed by atoms with Crippen LogP contribution in [0.15, 0.2) is 52.8 Å². The van der Waals surface area contributed by atoms with Gasteiger partial charge in [-0.15, -0.1) is 0 Å². The fourth-order valence-corrected chi connectivity index (χ4v) is 3.72. The highest BCUT2D eigenvalue weighted by Gasteiger charge is 2.54. The van der Waals surface area contributed by atoms with Crippen molar-refractivity contribution in [2.45, 2.75) is 32.0 Å². The molecule has 0 spiro atoms. The number of hydrogen-bond acceptors (Lipinski definition) is 6. The monoisotopic (exact) mass is 398 g/mol. The molecule has 144 valence electrons. The van der Waals surface area contributed by atoms with Crippen molar-refractivity contribution in [1.82, 2.24) is 5.01 Å². The zero-order valence-electron chi connectivity index (χ0n) is 15.5. The zero-order valence-corrected chi connectivity index (χ0v) is 16.3. The van der Waals surface area contributed by atoms with E-state index in [-0.39, 0.29) is 5.91 Å². The number of amides is 2. The van der Waals surface area contributed by atoms with Gasteiger partial charge in [0.1, 0.15) is 5.75 Å². The van der Waals surface area contributed by atoms with Crippen LogP contribution in [0, 0.1) is 0 Å². The van der Waals surface area contributed by atoms with Gasteiger partial charge < -0.3 is 4.74 Å². The number of benzene rings is 2. The van der Waals surface area contributed by atoms with Crippen LogP contribution in [-0.4, -0.2) is 36.0 Å².